The van der Waals surface area contributed by atoms with E-state index in [9.17, 15) is 9.59 Å². The summed E-state index contributed by atoms with van der Waals surface area (Å²) in [4.78, 5) is 28.6. The maximum Gasteiger partial charge on any atom is 0.320 e. The van der Waals surface area contributed by atoms with Crippen LogP contribution in [0.3, 0.4) is 0 Å². The van der Waals surface area contributed by atoms with Crippen LogP contribution in [0, 0.1) is 11.3 Å². The van der Waals surface area contributed by atoms with Crippen LogP contribution < -0.4 is 0 Å². The lowest BCUT2D eigenvalue weighted by molar-refractivity contribution is -0.138. The maximum absolute atomic E-state index is 12.5. The Morgan fingerprint density at radius 2 is 2.00 bits per heavy atom. The van der Waals surface area contributed by atoms with E-state index in [0.717, 1.165) is 6.42 Å². The normalized spacial score (nSPS) is 16.4. The summed E-state index contributed by atoms with van der Waals surface area (Å²) < 4.78 is 0. The van der Waals surface area contributed by atoms with Gasteiger partial charge in [0.1, 0.15) is 0 Å². The number of hydrogen-bond donors (Lipinski definition) is 1. The van der Waals surface area contributed by atoms with Crippen LogP contribution in [0.2, 0.25) is 0 Å². The minimum Gasteiger partial charge on any atom is -0.480 e. The van der Waals surface area contributed by atoms with Gasteiger partial charge < -0.3 is 14.9 Å². The highest BCUT2D eigenvalue weighted by molar-refractivity contribution is 5.75. The molecule has 2 amide bonds. The van der Waals surface area contributed by atoms with Crippen molar-refractivity contribution >= 4 is 12.0 Å². The van der Waals surface area contributed by atoms with Gasteiger partial charge in [0, 0.05) is 38.8 Å². The first kappa shape index (κ1) is 17.2. The molecule has 21 heavy (non-hydrogen) atoms. The predicted octanol–water partition coefficient (Wildman–Crippen LogP) is 0.823. The van der Waals surface area contributed by atoms with Gasteiger partial charge in [-0.2, -0.15) is 5.26 Å². The lowest BCUT2D eigenvalue weighted by Crippen LogP contribution is -2.48. The highest BCUT2D eigenvalue weighted by atomic mass is 16.4. The molecule has 0 aromatic rings. The number of nitrogens with zero attached hydrogens (tertiary/aromatic N) is 4. The summed E-state index contributed by atoms with van der Waals surface area (Å²) in [6.45, 7) is 6.74. The van der Waals surface area contributed by atoms with Gasteiger partial charge in [0.15, 0.2) is 0 Å². The fourth-order valence-corrected chi connectivity index (χ4v) is 2.44. The van der Waals surface area contributed by atoms with Crippen molar-refractivity contribution in [1.82, 2.24) is 14.7 Å². The molecule has 1 N–H and O–H groups in total. The number of nitriles is 1. The van der Waals surface area contributed by atoms with Crippen LogP contribution in [0.4, 0.5) is 4.79 Å². The van der Waals surface area contributed by atoms with Gasteiger partial charge >= 0.3 is 12.0 Å². The summed E-state index contributed by atoms with van der Waals surface area (Å²) in [7, 11) is 0. The average Bonchev–Trinajstić information content (AvgIpc) is 2.63. The highest BCUT2D eigenvalue weighted by Crippen LogP contribution is 2.10. The average molecular weight is 296 g/mol. The van der Waals surface area contributed by atoms with E-state index >= 15 is 0 Å². The van der Waals surface area contributed by atoms with Crippen molar-refractivity contribution in [2.45, 2.75) is 32.7 Å². The summed E-state index contributed by atoms with van der Waals surface area (Å²) in [6, 6.07) is 2.05. The van der Waals surface area contributed by atoms with Crippen LogP contribution in [0.25, 0.3) is 0 Å². The van der Waals surface area contributed by atoms with Gasteiger partial charge in [-0.25, -0.2) is 4.79 Å². The van der Waals surface area contributed by atoms with Crippen molar-refractivity contribution in [2.75, 3.05) is 39.3 Å². The Hall–Kier alpha value is -1.81. The molecule has 0 aromatic heterocycles. The Morgan fingerprint density at radius 1 is 1.29 bits per heavy atom. The van der Waals surface area contributed by atoms with E-state index in [0.29, 0.717) is 39.1 Å². The zero-order valence-corrected chi connectivity index (χ0v) is 12.8. The molecule has 0 unspecified atom stereocenters. The van der Waals surface area contributed by atoms with Crippen LogP contribution in [-0.4, -0.2) is 77.1 Å². The van der Waals surface area contributed by atoms with Gasteiger partial charge in [-0.05, 0) is 20.3 Å². The molecule has 118 valence electrons. The molecule has 0 saturated carbocycles. The van der Waals surface area contributed by atoms with Gasteiger partial charge in [0.2, 0.25) is 0 Å². The third kappa shape index (κ3) is 5.60. The first-order valence-electron chi connectivity index (χ1n) is 7.32. The molecule has 1 heterocycles. The van der Waals surface area contributed by atoms with Crippen LogP contribution in [0.1, 0.15) is 26.7 Å². The van der Waals surface area contributed by atoms with E-state index in [1.807, 2.05) is 18.7 Å². The number of aliphatic carboxylic acids is 1. The summed E-state index contributed by atoms with van der Waals surface area (Å²) >= 11 is 0. The molecule has 0 bridgehead atoms. The summed E-state index contributed by atoms with van der Waals surface area (Å²) in [5, 5.41) is 17.5. The Labute approximate surface area is 125 Å². The first-order valence-corrected chi connectivity index (χ1v) is 7.32. The largest absolute Gasteiger partial charge is 0.480 e. The second kappa shape index (κ2) is 8.47. The van der Waals surface area contributed by atoms with E-state index in [-0.39, 0.29) is 18.6 Å². The molecule has 1 rings (SSSR count). The van der Waals surface area contributed by atoms with Gasteiger partial charge in [0.25, 0.3) is 0 Å². The SMILES string of the molecule is CC(C)N(CCC#N)C(=O)N1CCCN(CC(=O)O)CC1. The molecule has 7 heteroatoms. The molecular formula is C14H24N4O3. The third-order valence-corrected chi connectivity index (χ3v) is 3.55. The minimum absolute atomic E-state index is 0.0182. The van der Waals surface area contributed by atoms with Crippen LogP contribution in [0.5, 0.6) is 0 Å². The number of carbonyl (C=O) groups is 2. The van der Waals surface area contributed by atoms with E-state index in [1.165, 1.54) is 0 Å². The molecule has 0 radical (unpaired) electrons. The fourth-order valence-electron chi connectivity index (χ4n) is 2.44. The van der Waals surface area contributed by atoms with Gasteiger partial charge in [0.05, 0.1) is 19.0 Å². The number of carboxylic acid groups (broad SMARTS) is 1. The molecule has 1 aliphatic heterocycles. The number of carboxylic acids is 1. The summed E-state index contributed by atoms with van der Waals surface area (Å²) in [5.41, 5.74) is 0. The van der Waals surface area contributed by atoms with Crippen molar-refractivity contribution in [3.05, 3.63) is 0 Å². The number of hydrogen-bond acceptors (Lipinski definition) is 4. The standard InChI is InChI=1S/C14H24N4O3/c1-12(2)18(8-3-5-15)14(21)17-7-4-6-16(9-10-17)11-13(19)20/h12H,3-4,6-11H2,1-2H3,(H,19,20). The smallest absolute Gasteiger partial charge is 0.320 e. The van der Waals surface area contributed by atoms with Gasteiger partial charge in [-0.1, -0.05) is 0 Å². The zero-order valence-electron chi connectivity index (χ0n) is 12.8. The lowest BCUT2D eigenvalue weighted by atomic mass is 10.3. The van der Waals surface area contributed by atoms with E-state index in [1.54, 1.807) is 9.80 Å². The Bertz CT molecular complexity index is 406. The van der Waals surface area contributed by atoms with Crippen molar-refractivity contribution in [1.29, 1.82) is 5.26 Å². The quantitative estimate of drug-likeness (QED) is 0.811. The summed E-state index contributed by atoms with van der Waals surface area (Å²) in [5.74, 6) is -0.840. The highest BCUT2D eigenvalue weighted by Gasteiger charge is 2.25. The molecule has 1 aliphatic rings. The number of urea groups is 1. The minimum atomic E-state index is -0.840. The Morgan fingerprint density at radius 3 is 2.57 bits per heavy atom. The van der Waals surface area contributed by atoms with E-state index in [4.69, 9.17) is 10.4 Å². The molecule has 0 aromatic carbocycles. The Balaban J connectivity index is 2.60. The first-order chi connectivity index (χ1) is 9.95. The topological polar surface area (TPSA) is 87.9 Å². The molecule has 0 aliphatic carbocycles. The predicted molar refractivity (Wildman–Crippen MR) is 77.7 cm³/mol. The molecule has 1 saturated heterocycles. The molecule has 0 atom stereocenters. The van der Waals surface area contributed by atoms with Crippen molar-refractivity contribution < 1.29 is 14.7 Å². The van der Waals surface area contributed by atoms with Crippen molar-refractivity contribution in [3.63, 3.8) is 0 Å². The molecule has 1 fully saturated rings. The molecular weight excluding hydrogens is 272 g/mol. The second-order valence-electron chi connectivity index (χ2n) is 5.49. The third-order valence-electron chi connectivity index (χ3n) is 3.55. The van der Waals surface area contributed by atoms with Crippen molar-refractivity contribution in [3.8, 4) is 6.07 Å². The van der Waals surface area contributed by atoms with Crippen LogP contribution >= 0.6 is 0 Å². The molecule has 7 nitrogen and oxygen atoms in total. The van der Waals surface area contributed by atoms with Crippen LogP contribution in [-0.2, 0) is 4.79 Å². The van der Waals surface area contributed by atoms with Crippen LogP contribution in [0.15, 0.2) is 0 Å². The number of rotatable bonds is 5. The number of amides is 2. The van der Waals surface area contributed by atoms with Gasteiger partial charge in [-0.15, -0.1) is 0 Å². The summed E-state index contributed by atoms with van der Waals surface area (Å²) in [6.07, 6.45) is 1.09. The zero-order chi connectivity index (χ0) is 15.8. The van der Waals surface area contributed by atoms with E-state index in [2.05, 4.69) is 6.07 Å². The fraction of sp³-hybridized carbons (Fsp3) is 0.786. The van der Waals surface area contributed by atoms with E-state index < -0.39 is 5.97 Å². The molecule has 0 spiro atoms. The van der Waals surface area contributed by atoms with Gasteiger partial charge in [-0.3, -0.25) is 9.69 Å². The second-order valence-corrected chi connectivity index (χ2v) is 5.49. The number of carbonyl (C=O) groups excluding carboxylic acids is 1. The Kier molecular flexibility index (Phi) is 6.96. The maximum atomic E-state index is 12.5. The van der Waals surface area contributed by atoms with Crippen molar-refractivity contribution in [2.24, 2.45) is 0 Å². The monoisotopic (exact) mass is 296 g/mol. The lowest BCUT2D eigenvalue weighted by Gasteiger charge is -2.32.